The van der Waals surface area contributed by atoms with Gasteiger partial charge in [0.15, 0.2) is 0 Å². The van der Waals surface area contributed by atoms with Crippen molar-refractivity contribution in [2.75, 3.05) is 19.6 Å². The lowest BCUT2D eigenvalue weighted by molar-refractivity contribution is 0.00864. The van der Waals surface area contributed by atoms with Crippen LogP contribution in [0.5, 0.6) is 0 Å². The maximum Gasteiger partial charge on any atom is 0.410 e. The molecule has 2 unspecified atom stereocenters. The van der Waals surface area contributed by atoms with Gasteiger partial charge in [-0.3, -0.25) is 0 Å². The minimum absolute atomic E-state index is 0.0521. The van der Waals surface area contributed by atoms with E-state index in [4.69, 9.17) is 15.6 Å². The van der Waals surface area contributed by atoms with Crippen molar-refractivity contribution in [3.05, 3.63) is 0 Å². The summed E-state index contributed by atoms with van der Waals surface area (Å²) in [5.74, 6) is 0. The van der Waals surface area contributed by atoms with Crippen molar-refractivity contribution in [2.45, 2.75) is 77.2 Å². The van der Waals surface area contributed by atoms with Crippen LogP contribution in [0.2, 0.25) is 0 Å². The van der Waals surface area contributed by atoms with Crippen molar-refractivity contribution in [2.24, 2.45) is 5.73 Å². The van der Waals surface area contributed by atoms with Gasteiger partial charge < -0.3 is 25.8 Å². The number of aliphatic hydroxyl groups is 1. The van der Waals surface area contributed by atoms with E-state index < -0.39 is 0 Å². The van der Waals surface area contributed by atoms with Gasteiger partial charge in [0.1, 0.15) is 5.60 Å². The molecule has 1 saturated carbocycles. The van der Waals surface area contributed by atoms with Gasteiger partial charge in [0, 0.05) is 25.2 Å². The minimum Gasteiger partial charge on any atom is -0.444 e. The van der Waals surface area contributed by atoms with E-state index in [0.29, 0.717) is 6.04 Å². The highest BCUT2D eigenvalue weighted by atomic mass is 16.6. The lowest BCUT2D eigenvalue weighted by Gasteiger charge is -2.37. The fraction of sp³-hybridized carbons (Fsp3) is 0.938. The number of nitrogens with two attached hydrogens (primary N) is 1. The van der Waals surface area contributed by atoms with Crippen LogP contribution in [-0.2, 0) is 4.74 Å². The molecular weight excluding hydrogens is 282 g/mol. The van der Waals surface area contributed by atoms with E-state index in [1.807, 2.05) is 32.6 Å². The van der Waals surface area contributed by atoms with E-state index in [-0.39, 0.29) is 23.8 Å². The highest BCUT2D eigenvalue weighted by molar-refractivity contribution is 5.68. The zero-order chi connectivity index (χ0) is 16.8. The van der Waals surface area contributed by atoms with Gasteiger partial charge >= 0.3 is 6.09 Å². The summed E-state index contributed by atoms with van der Waals surface area (Å²) in [6.07, 6.45) is 3.85. The van der Waals surface area contributed by atoms with Crippen LogP contribution in [-0.4, -0.2) is 59.5 Å². The summed E-state index contributed by atoms with van der Waals surface area (Å²) in [5, 5.41) is 12.1. The number of carbonyl (C=O) groups is 1. The lowest BCUT2D eigenvalue weighted by Crippen LogP contribution is -2.49. The summed E-state index contributed by atoms with van der Waals surface area (Å²) in [6, 6.07) is 0.374. The van der Waals surface area contributed by atoms with E-state index in [9.17, 15) is 4.79 Å². The molecule has 1 heterocycles. The number of carbonyl (C=O) groups excluding carboxylic acids is 1. The third kappa shape index (κ3) is 6.50. The molecule has 0 bridgehead atoms. The summed E-state index contributed by atoms with van der Waals surface area (Å²) < 4.78 is 5.33. The highest BCUT2D eigenvalue weighted by Gasteiger charge is 2.30. The van der Waals surface area contributed by atoms with Crippen LogP contribution in [0, 0.1) is 0 Å². The number of hydrogen-bond donors (Lipinski definition) is 3. The van der Waals surface area contributed by atoms with Crippen LogP contribution < -0.4 is 11.1 Å². The molecule has 2 aliphatic rings. The Morgan fingerprint density at radius 3 is 2.32 bits per heavy atom. The number of piperidine rings is 1. The van der Waals surface area contributed by atoms with E-state index in [1.165, 1.54) is 6.42 Å². The van der Waals surface area contributed by atoms with Crippen molar-refractivity contribution in [3.8, 4) is 0 Å². The zero-order valence-corrected chi connectivity index (χ0v) is 14.5. The van der Waals surface area contributed by atoms with E-state index in [0.717, 1.165) is 38.9 Å². The van der Waals surface area contributed by atoms with Gasteiger partial charge in [-0.15, -0.1) is 0 Å². The van der Waals surface area contributed by atoms with Crippen molar-refractivity contribution in [3.63, 3.8) is 0 Å². The standard InChI is InChI=1S/C11H21NO2.C5H12N2O/c1-5-12(9-7-6-8-9)10(13)14-11(2,3)4;6-4-3-7-2-1-5(4)8/h9H,5-8H2,1-4H3;4-5,7-8H,1-3,6H2. The fourth-order valence-corrected chi connectivity index (χ4v) is 2.42. The molecule has 2 fully saturated rings. The van der Waals surface area contributed by atoms with Crippen molar-refractivity contribution in [1.82, 2.24) is 10.2 Å². The summed E-state index contributed by atoms with van der Waals surface area (Å²) >= 11 is 0. The van der Waals surface area contributed by atoms with Crippen LogP contribution in [0.15, 0.2) is 0 Å². The molecule has 0 spiro atoms. The Bertz CT molecular complexity index is 330. The predicted molar refractivity (Wildman–Crippen MR) is 87.7 cm³/mol. The smallest absolute Gasteiger partial charge is 0.410 e. The van der Waals surface area contributed by atoms with Crippen molar-refractivity contribution < 1.29 is 14.6 Å². The average molecular weight is 315 g/mol. The molecule has 0 radical (unpaired) electrons. The number of ether oxygens (including phenoxy) is 1. The average Bonchev–Trinajstić information content (AvgIpc) is 2.35. The zero-order valence-electron chi connectivity index (χ0n) is 14.5. The number of hydrogen-bond acceptors (Lipinski definition) is 5. The SMILES string of the molecule is CCN(C(=O)OC(C)(C)C)C1CCC1.NC1CNCCC1O. The van der Waals surface area contributed by atoms with Gasteiger partial charge in [0.25, 0.3) is 0 Å². The topological polar surface area (TPSA) is 87.8 Å². The second kappa shape index (κ2) is 8.70. The monoisotopic (exact) mass is 315 g/mol. The Kier molecular flexibility index (Phi) is 7.59. The quantitative estimate of drug-likeness (QED) is 0.718. The van der Waals surface area contributed by atoms with Gasteiger partial charge in [-0.2, -0.15) is 0 Å². The molecule has 1 saturated heterocycles. The first-order chi connectivity index (χ1) is 10.2. The maximum absolute atomic E-state index is 11.7. The fourth-order valence-electron chi connectivity index (χ4n) is 2.42. The van der Waals surface area contributed by atoms with E-state index >= 15 is 0 Å². The van der Waals surface area contributed by atoms with Crippen molar-refractivity contribution in [1.29, 1.82) is 0 Å². The molecule has 2 rings (SSSR count). The van der Waals surface area contributed by atoms with Crippen molar-refractivity contribution >= 4 is 6.09 Å². The second-order valence-electron chi connectivity index (χ2n) is 7.08. The Labute approximate surface area is 134 Å². The Hall–Kier alpha value is -0.850. The highest BCUT2D eigenvalue weighted by Crippen LogP contribution is 2.25. The van der Waals surface area contributed by atoms with E-state index in [2.05, 4.69) is 5.32 Å². The Balaban J connectivity index is 0.000000255. The Morgan fingerprint density at radius 2 is 2.00 bits per heavy atom. The van der Waals surface area contributed by atoms with Crippen LogP contribution in [0.1, 0.15) is 53.4 Å². The largest absolute Gasteiger partial charge is 0.444 e. The van der Waals surface area contributed by atoms with E-state index in [1.54, 1.807) is 0 Å². The molecule has 0 aromatic carbocycles. The summed E-state index contributed by atoms with van der Waals surface area (Å²) in [5.41, 5.74) is 5.09. The summed E-state index contributed by atoms with van der Waals surface area (Å²) in [7, 11) is 0. The minimum atomic E-state index is -0.381. The number of aliphatic hydroxyl groups excluding tert-OH is 1. The number of nitrogens with zero attached hydrogens (tertiary/aromatic N) is 1. The van der Waals surface area contributed by atoms with Gasteiger partial charge in [0.2, 0.25) is 0 Å². The first kappa shape index (κ1) is 19.2. The molecule has 22 heavy (non-hydrogen) atoms. The maximum atomic E-state index is 11.7. The molecule has 6 nitrogen and oxygen atoms in total. The van der Waals surface area contributed by atoms with Crippen LogP contribution in [0.3, 0.4) is 0 Å². The van der Waals surface area contributed by atoms with Crippen LogP contribution in [0.4, 0.5) is 4.79 Å². The number of rotatable bonds is 2. The van der Waals surface area contributed by atoms with Gasteiger partial charge in [-0.1, -0.05) is 0 Å². The Morgan fingerprint density at radius 1 is 1.36 bits per heavy atom. The molecule has 6 heteroatoms. The predicted octanol–water partition coefficient (Wildman–Crippen LogP) is 1.46. The van der Waals surface area contributed by atoms with Gasteiger partial charge in [0.05, 0.1) is 6.10 Å². The normalized spacial score (nSPS) is 25.5. The molecular formula is C16H33N3O3. The molecule has 130 valence electrons. The summed E-state index contributed by atoms with van der Waals surface area (Å²) in [4.78, 5) is 13.6. The number of amides is 1. The first-order valence-electron chi connectivity index (χ1n) is 8.38. The molecule has 2 atom stereocenters. The molecule has 1 amide bonds. The lowest BCUT2D eigenvalue weighted by atomic mass is 9.92. The number of nitrogens with one attached hydrogen (secondary N) is 1. The third-order valence-electron chi connectivity index (χ3n) is 3.98. The second-order valence-corrected chi connectivity index (χ2v) is 7.08. The van der Waals surface area contributed by atoms with Gasteiger partial charge in [-0.05, 0) is 59.9 Å². The van der Waals surface area contributed by atoms with Gasteiger partial charge in [-0.25, -0.2) is 4.79 Å². The summed E-state index contributed by atoms with van der Waals surface area (Å²) in [6.45, 7) is 10.1. The third-order valence-corrected chi connectivity index (χ3v) is 3.98. The van der Waals surface area contributed by atoms with Crippen LogP contribution >= 0.6 is 0 Å². The molecule has 1 aliphatic carbocycles. The first-order valence-corrected chi connectivity index (χ1v) is 8.38. The molecule has 0 aromatic heterocycles. The molecule has 0 aromatic rings. The molecule has 4 N–H and O–H groups in total. The molecule has 1 aliphatic heterocycles. The van der Waals surface area contributed by atoms with Crippen LogP contribution in [0.25, 0.3) is 0 Å².